The van der Waals surface area contributed by atoms with Gasteiger partial charge >= 0.3 is 11.8 Å². The number of aryl methyl sites for hydroxylation is 1. The van der Waals surface area contributed by atoms with Crippen LogP contribution < -0.4 is 9.64 Å². The zero-order chi connectivity index (χ0) is 29.8. The Morgan fingerprint density at radius 1 is 1.19 bits per heavy atom. The molecule has 13 nitrogen and oxygen atoms in total. The summed E-state index contributed by atoms with van der Waals surface area (Å²) in [4.78, 5) is 42.4. The number of imidazole rings is 1. The summed E-state index contributed by atoms with van der Waals surface area (Å²) in [6.45, 7) is 9.61. The summed E-state index contributed by atoms with van der Waals surface area (Å²) < 4.78 is 18.9. The molecular weight excluding hydrogens is 542 g/mol. The van der Waals surface area contributed by atoms with Crippen molar-refractivity contribution in [3.8, 4) is 17.0 Å². The van der Waals surface area contributed by atoms with E-state index in [4.69, 9.17) is 24.2 Å². The lowest BCUT2D eigenvalue weighted by Crippen LogP contribution is -2.36. The van der Waals surface area contributed by atoms with Crippen LogP contribution in [-0.4, -0.2) is 74.4 Å². The number of fused-ring (bicyclic) bond motifs is 2. The largest absolute Gasteiger partial charge is 0.490 e. The molecule has 0 aliphatic carbocycles. The second-order valence-corrected chi connectivity index (χ2v) is 12.0. The number of carbonyl (C=O) groups is 1. The van der Waals surface area contributed by atoms with Crippen molar-refractivity contribution in [2.45, 2.75) is 58.8 Å². The number of amides is 1. The number of methoxy groups -OCH3 is 1. The van der Waals surface area contributed by atoms with Gasteiger partial charge in [0.25, 0.3) is 0 Å². The number of nitrogens with zero attached hydrogens (tertiary/aromatic N) is 7. The standard InChI is InChI=1S/C29H35N7O6/c1-17-10-18(11-21(36(38)39)25(17)40-5)23-24-26(35(16-30-24)22-8-6-7-9-41-22)32-27(31-23)33-12-19-14-34(15-20(19)13-33)28(37)42-29(2,3)4/h10-12,16,20,22H,6-9,13-15H2,1-5H3. The van der Waals surface area contributed by atoms with E-state index in [9.17, 15) is 14.9 Å². The third-order valence-electron chi connectivity index (χ3n) is 7.79. The van der Waals surface area contributed by atoms with Crippen LogP contribution in [0.15, 0.2) is 30.2 Å². The third-order valence-corrected chi connectivity index (χ3v) is 7.79. The molecule has 3 aromatic rings. The Hall–Kier alpha value is -4.26. The molecule has 2 unspecified atom stereocenters. The molecule has 5 heterocycles. The van der Waals surface area contributed by atoms with Crippen molar-refractivity contribution >= 4 is 28.9 Å². The highest BCUT2D eigenvalue weighted by atomic mass is 16.6. The fourth-order valence-corrected chi connectivity index (χ4v) is 5.90. The van der Waals surface area contributed by atoms with Crippen LogP contribution in [0.1, 0.15) is 51.8 Å². The van der Waals surface area contributed by atoms with E-state index in [1.54, 1.807) is 18.2 Å². The van der Waals surface area contributed by atoms with Crippen LogP contribution in [0.25, 0.3) is 22.4 Å². The van der Waals surface area contributed by atoms with E-state index in [0.29, 0.717) is 60.2 Å². The van der Waals surface area contributed by atoms with Gasteiger partial charge in [-0.25, -0.2) is 14.8 Å². The molecular formula is C29H35N7O6. The number of aromatic nitrogens is 4. The lowest BCUT2D eigenvalue weighted by atomic mass is 10.1. The van der Waals surface area contributed by atoms with E-state index < -0.39 is 10.5 Å². The summed E-state index contributed by atoms with van der Waals surface area (Å²) in [6, 6.07) is 3.30. The maximum absolute atomic E-state index is 12.7. The summed E-state index contributed by atoms with van der Waals surface area (Å²) in [5.41, 5.74) is 3.19. The highest BCUT2D eigenvalue weighted by molar-refractivity contribution is 5.90. The van der Waals surface area contributed by atoms with Gasteiger partial charge in [-0.1, -0.05) is 0 Å². The van der Waals surface area contributed by atoms with E-state index in [-0.39, 0.29) is 29.7 Å². The fraction of sp³-hybridized carbons (Fsp3) is 0.517. The van der Waals surface area contributed by atoms with Crippen LogP contribution in [0.3, 0.4) is 0 Å². The summed E-state index contributed by atoms with van der Waals surface area (Å²) >= 11 is 0. The highest BCUT2D eigenvalue weighted by Crippen LogP contribution is 2.39. The Morgan fingerprint density at radius 2 is 2.00 bits per heavy atom. The average Bonchev–Trinajstić information content (AvgIpc) is 3.65. The minimum atomic E-state index is -0.561. The van der Waals surface area contributed by atoms with Crippen molar-refractivity contribution < 1.29 is 23.9 Å². The molecule has 3 aliphatic rings. The van der Waals surface area contributed by atoms with Crippen molar-refractivity contribution in [2.75, 3.05) is 38.3 Å². The van der Waals surface area contributed by atoms with Gasteiger partial charge in [-0.3, -0.25) is 14.7 Å². The number of anilines is 1. The third kappa shape index (κ3) is 5.13. The predicted octanol–water partition coefficient (Wildman–Crippen LogP) is 4.99. The number of likely N-dealkylation sites (tertiary alicyclic amines) is 1. The van der Waals surface area contributed by atoms with Crippen LogP contribution in [0.5, 0.6) is 5.75 Å². The molecule has 2 aromatic heterocycles. The van der Waals surface area contributed by atoms with E-state index >= 15 is 0 Å². The topological polar surface area (TPSA) is 138 Å². The van der Waals surface area contributed by atoms with E-state index in [1.807, 2.05) is 42.5 Å². The zero-order valence-electron chi connectivity index (χ0n) is 24.5. The molecule has 2 atom stereocenters. The number of nitro groups is 1. The van der Waals surface area contributed by atoms with Gasteiger partial charge in [0.1, 0.15) is 23.0 Å². The molecule has 0 saturated carbocycles. The normalized spacial score (nSPS) is 20.5. The number of nitro benzene ring substituents is 1. The molecule has 13 heteroatoms. The van der Waals surface area contributed by atoms with Crippen molar-refractivity contribution in [2.24, 2.45) is 5.92 Å². The molecule has 0 N–H and O–H groups in total. The van der Waals surface area contributed by atoms with Gasteiger partial charge in [-0.2, -0.15) is 4.98 Å². The zero-order valence-corrected chi connectivity index (χ0v) is 24.5. The predicted molar refractivity (Wildman–Crippen MR) is 154 cm³/mol. The average molecular weight is 578 g/mol. The molecule has 3 aliphatic heterocycles. The van der Waals surface area contributed by atoms with Crippen molar-refractivity contribution in [1.29, 1.82) is 0 Å². The maximum Gasteiger partial charge on any atom is 0.410 e. The molecule has 6 rings (SSSR count). The molecule has 222 valence electrons. The van der Waals surface area contributed by atoms with E-state index in [2.05, 4.69) is 4.98 Å². The number of hydrogen-bond acceptors (Lipinski definition) is 10. The van der Waals surface area contributed by atoms with Crippen LogP contribution in [0.2, 0.25) is 0 Å². The molecule has 1 aromatic carbocycles. The van der Waals surface area contributed by atoms with Gasteiger partial charge < -0.3 is 24.0 Å². The number of benzene rings is 1. The number of ether oxygens (including phenoxy) is 3. The molecule has 0 spiro atoms. The van der Waals surface area contributed by atoms with Crippen molar-refractivity contribution in [3.63, 3.8) is 0 Å². The van der Waals surface area contributed by atoms with Gasteiger partial charge in [0, 0.05) is 50.0 Å². The Kier molecular flexibility index (Phi) is 7.00. The lowest BCUT2D eigenvalue weighted by Gasteiger charge is -2.25. The quantitative estimate of drug-likeness (QED) is 0.301. The van der Waals surface area contributed by atoms with Crippen LogP contribution in [0.4, 0.5) is 16.4 Å². The summed E-state index contributed by atoms with van der Waals surface area (Å²) in [5, 5.41) is 11.9. The Labute approximate surface area is 243 Å². The second-order valence-electron chi connectivity index (χ2n) is 12.0. The Balaban J connectivity index is 1.41. The summed E-state index contributed by atoms with van der Waals surface area (Å²) in [7, 11) is 1.42. The van der Waals surface area contributed by atoms with E-state index in [1.165, 1.54) is 13.2 Å². The van der Waals surface area contributed by atoms with Crippen LogP contribution >= 0.6 is 0 Å². The number of carbonyl (C=O) groups excluding carboxylic acids is 1. The second kappa shape index (κ2) is 10.5. The molecule has 0 bridgehead atoms. The Morgan fingerprint density at radius 3 is 2.67 bits per heavy atom. The lowest BCUT2D eigenvalue weighted by molar-refractivity contribution is -0.385. The first-order valence-corrected chi connectivity index (χ1v) is 14.2. The van der Waals surface area contributed by atoms with Crippen LogP contribution in [0, 0.1) is 23.0 Å². The van der Waals surface area contributed by atoms with Gasteiger partial charge in [-0.15, -0.1) is 0 Å². The minimum absolute atomic E-state index is 0.121. The monoisotopic (exact) mass is 577 g/mol. The fourth-order valence-electron chi connectivity index (χ4n) is 5.90. The number of rotatable bonds is 5. The maximum atomic E-state index is 12.7. The molecule has 2 saturated heterocycles. The first-order valence-electron chi connectivity index (χ1n) is 14.2. The highest BCUT2D eigenvalue weighted by Gasteiger charge is 2.38. The summed E-state index contributed by atoms with van der Waals surface area (Å²) in [6.07, 6.45) is 6.06. The molecule has 2 fully saturated rings. The van der Waals surface area contributed by atoms with Gasteiger partial charge in [0.05, 0.1) is 18.4 Å². The van der Waals surface area contributed by atoms with Crippen LogP contribution in [-0.2, 0) is 9.47 Å². The minimum Gasteiger partial charge on any atom is -0.490 e. The first kappa shape index (κ1) is 27.9. The van der Waals surface area contributed by atoms with Gasteiger partial charge in [-0.05, 0) is 64.2 Å². The van der Waals surface area contributed by atoms with Crippen molar-refractivity contribution in [1.82, 2.24) is 24.4 Å². The SMILES string of the molecule is COc1c(C)cc(-c2nc(N3C=C4CN(C(=O)OC(C)(C)C)CC4C3)nc3c2ncn3C2CCCCO2)cc1[N+](=O)[O-]. The molecule has 0 radical (unpaired) electrons. The molecule has 42 heavy (non-hydrogen) atoms. The Bertz CT molecular complexity index is 1590. The van der Waals surface area contributed by atoms with Crippen molar-refractivity contribution in [3.05, 3.63) is 45.9 Å². The van der Waals surface area contributed by atoms with Gasteiger partial charge in [0.15, 0.2) is 11.4 Å². The van der Waals surface area contributed by atoms with Gasteiger partial charge in [0.2, 0.25) is 5.95 Å². The van der Waals surface area contributed by atoms with E-state index in [0.717, 1.165) is 24.8 Å². The summed E-state index contributed by atoms with van der Waals surface area (Å²) in [5.74, 6) is 0.787. The molecule has 1 amide bonds. The first-order chi connectivity index (χ1) is 20.0. The smallest absolute Gasteiger partial charge is 0.410 e. The number of hydrogen-bond donors (Lipinski definition) is 0.